The van der Waals surface area contributed by atoms with Gasteiger partial charge in [-0.15, -0.1) is 0 Å². The van der Waals surface area contributed by atoms with Gasteiger partial charge in [0.25, 0.3) is 6.71 Å². The first kappa shape index (κ1) is 42.6. The molecule has 0 radical (unpaired) electrons. The molecule has 2 aromatic heterocycles. The number of fused-ring (bicyclic) bond motifs is 6. The zero-order valence-electron chi connectivity index (χ0n) is 40.9. The first-order valence-electron chi connectivity index (χ1n) is 24.7. The van der Waals surface area contributed by atoms with Gasteiger partial charge >= 0.3 is 0 Å². The Morgan fingerprint density at radius 3 is 1.58 bits per heavy atom. The Labute approximate surface area is 415 Å². The van der Waals surface area contributed by atoms with Crippen molar-refractivity contribution < 1.29 is 8.83 Å². The van der Waals surface area contributed by atoms with Crippen molar-refractivity contribution in [2.75, 3.05) is 14.7 Å². The maximum Gasteiger partial charge on any atom is 0.252 e. The maximum atomic E-state index is 6.67. The van der Waals surface area contributed by atoms with Gasteiger partial charge in [0.2, 0.25) is 0 Å². The molecule has 5 nitrogen and oxygen atoms in total. The quantitative estimate of drug-likeness (QED) is 0.149. The van der Waals surface area contributed by atoms with Crippen molar-refractivity contribution >= 4 is 96.2 Å². The van der Waals surface area contributed by atoms with E-state index >= 15 is 0 Å². The Morgan fingerprint density at radius 2 is 1.00 bits per heavy atom. The summed E-state index contributed by atoms with van der Waals surface area (Å²) >= 11 is 0. The van der Waals surface area contributed by atoms with E-state index in [-0.39, 0.29) is 12.1 Å². The van der Waals surface area contributed by atoms with Gasteiger partial charge in [-0.2, -0.15) is 0 Å². The SMILES string of the molecule is Cc1cc2c3c(c1)N(c1c(C)cccc1C)c1cc(N(c4ccccc4)c4ccccc4)ccc1B3c1cc(C(C)(C)C)ccc1N2c1cc(-c2cc3ccccc3o2)cc(-c2cc3ccccc3o2)c1. The minimum Gasteiger partial charge on any atom is -0.456 e. The molecular formula is C65H52BN3O2. The van der Waals surface area contributed by atoms with Crippen molar-refractivity contribution in [3.05, 3.63) is 229 Å². The lowest BCUT2D eigenvalue weighted by Crippen LogP contribution is -2.61. The van der Waals surface area contributed by atoms with E-state index < -0.39 is 0 Å². The second-order valence-corrected chi connectivity index (χ2v) is 20.4. The third kappa shape index (κ3) is 7.08. The fraction of sp³-hybridized carbons (Fsp3) is 0.108. The van der Waals surface area contributed by atoms with Crippen LogP contribution in [0.15, 0.2) is 215 Å². The molecule has 11 aromatic rings. The molecule has 0 saturated carbocycles. The molecule has 0 fully saturated rings. The second-order valence-electron chi connectivity index (χ2n) is 20.4. The zero-order valence-corrected chi connectivity index (χ0v) is 40.9. The first-order chi connectivity index (χ1) is 34.6. The highest BCUT2D eigenvalue weighted by atomic mass is 16.3. The summed E-state index contributed by atoms with van der Waals surface area (Å²) in [5.41, 5.74) is 22.5. The van der Waals surface area contributed by atoms with E-state index in [0.717, 1.165) is 78.7 Å². The minimum atomic E-state index is -0.0938. The summed E-state index contributed by atoms with van der Waals surface area (Å²) < 4.78 is 13.3. The van der Waals surface area contributed by atoms with Crippen molar-refractivity contribution in [2.45, 2.75) is 47.0 Å². The summed E-state index contributed by atoms with van der Waals surface area (Å²) in [6.45, 7) is 13.6. The van der Waals surface area contributed by atoms with Crippen LogP contribution in [0.3, 0.4) is 0 Å². The Morgan fingerprint density at radius 1 is 0.437 bits per heavy atom. The van der Waals surface area contributed by atoms with E-state index in [9.17, 15) is 0 Å². The molecule has 0 unspecified atom stereocenters. The van der Waals surface area contributed by atoms with Gasteiger partial charge < -0.3 is 23.5 Å². The molecule has 0 N–H and O–H groups in total. The highest BCUT2D eigenvalue weighted by Gasteiger charge is 2.45. The molecule has 6 heteroatoms. The van der Waals surface area contributed by atoms with Gasteiger partial charge in [-0.05, 0) is 162 Å². The van der Waals surface area contributed by atoms with Crippen molar-refractivity contribution in [2.24, 2.45) is 0 Å². The molecule has 13 rings (SSSR count). The smallest absolute Gasteiger partial charge is 0.252 e. The van der Waals surface area contributed by atoms with Crippen LogP contribution in [0.1, 0.15) is 43.0 Å². The molecule has 4 heterocycles. The number of para-hydroxylation sites is 5. The van der Waals surface area contributed by atoms with Gasteiger partial charge in [0, 0.05) is 67.4 Å². The molecule has 71 heavy (non-hydrogen) atoms. The van der Waals surface area contributed by atoms with E-state index in [4.69, 9.17) is 8.83 Å². The van der Waals surface area contributed by atoms with Crippen LogP contribution in [0.25, 0.3) is 44.6 Å². The van der Waals surface area contributed by atoms with E-state index in [2.05, 4.69) is 238 Å². The van der Waals surface area contributed by atoms with E-state index in [1.165, 1.54) is 55.7 Å². The summed E-state index contributed by atoms with van der Waals surface area (Å²) in [6, 6.07) is 75.0. The molecule has 0 aliphatic carbocycles. The fourth-order valence-corrected chi connectivity index (χ4v) is 11.3. The molecule has 0 amide bonds. The first-order valence-corrected chi connectivity index (χ1v) is 24.7. The van der Waals surface area contributed by atoms with Crippen LogP contribution in [0, 0.1) is 20.8 Å². The predicted molar refractivity (Wildman–Crippen MR) is 298 cm³/mol. The van der Waals surface area contributed by atoms with Crippen LogP contribution in [0.2, 0.25) is 0 Å². The summed E-state index contributed by atoms with van der Waals surface area (Å²) in [5.74, 6) is 1.61. The largest absolute Gasteiger partial charge is 0.456 e. The van der Waals surface area contributed by atoms with Gasteiger partial charge in [0.05, 0.1) is 5.69 Å². The molecule has 0 bridgehead atoms. The Kier molecular flexibility index (Phi) is 9.79. The van der Waals surface area contributed by atoms with E-state index in [1.54, 1.807) is 0 Å². The highest BCUT2D eigenvalue weighted by Crippen LogP contribution is 2.49. The average molecular weight is 918 g/mol. The molecular weight excluding hydrogens is 866 g/mol. The van der Waals surface area contributed by atoms with E-state index in [1.807, 2.05) is 24.3 Å². The minimum absolute atomic E-state index is 0.0749. The monoisotopic (exact) mass is 917 g/mol. The third-order valence-corrected chi connectivity index (χ3v) is 14.6. The van der Waals surface area contributed by atoms with Crippen LogP contribution in [0.5, 0.6) is 0 Å². The molecule has 2 aliphatic rings. The lowest BCUT2D eigenvalue weighted by atomic mass is 9.33. The van der Waals surface area contributed by atoms with Crippen molar-refractivity contribution in [1.82, 2.24) is 0 Å². The molecule has 0 spiro atoms. The summed E-state index contributed by atoms with van der Waals surface area (Å²) in [6.07, 6.45) is 0. The fourth-order valence-electron chi connectivity index (χ4n) is 11.3. The van der Waals surface area contributed by atoms with Crippen LogP contribution in [-0.2, 0) is 5.41 Å². The molecule has 342 valence electrons. The summed E-state index contributed by atoms with van der Waals surface area (Å²) in [7, 11) is 0. The van der Waals surface area contributed by atoms with Gasteiger partial charge in [-0.1, -0.05) is 130 Å². The Balaban J connectivity index is 1.10. The van der Waals surface area contributed by atoms with E-state index in [0.29, 0.717) is 0 Å². The number of benzene rings is 9. The van der Waals surface area contributed by atoms with Crippen LogP contribution in [0.4, 0.5) is 51.2 Å². The van der Waals surface area contributed by atoms with Crippen LogP contribution in [-0.4, -0.2) is 6.71 Å². The number of nitrogens with zero attached hydrogens (tertiary/aromatic N) is 3. The number of hydrogen-bond donors (Lipinski definition) is 0. The van der Waals surface area contributed by atoms with Gasteiger partial charge in [0.15, 0.2) is 0 Å². The number of hydrogen-bond acceptors (Lipinski definition) is 5. The maximum absolute atomic E-state index is 6.67. The zero-order chi connectivity index (χ0) is 48.1. The Bertz CT molecular complexity index is 3660. The van der Waals surface area contributed by atoms with Crippen LogP contribution >= 0.6 is 0 Å². The third-order valence-electron chi connectivity index (χ3n) is 14.6. The molecule has 9 aromatic carbocycles. The van der Waals surface area contributed by atoms with Crippen molar-refractivity contribution in [1.29, 1.82) is 0 Å². The lowest BCUT2D eigenvalue weighted by Gasteiger charge is -2.45. The standard InChI is InChI=1S/C65H52BN3O2/c1-41-32-57-63-58(33-41)69(64-42(2)18-17-19-43(64)3)56-40-51(67(49-22-9-7-10-23-49)50-24-11-8-12-25-50)29-30-53(56)66(63)54-39-48(65(4,5)6)28-31-55(54)68(57)52-35-46(61-37-44-20-13-15-26-59(44)70-61)34-47(36-52)62-38-45-21-14-16-27-60(45)71-62/h7-40H,1-6H3. The second kappa shape index (κ2) is 16.3. The number of anilines is 9. The normalized spacial score (nSPS) is 12.8. The predicted octanol–water partition coefficient (Wildman–Crippen LogP) is 16.3. The number of aryl methyl sites for hydroxylation is 3. The summed E-state index contributed by atoms with van der Waals surface area (Å²) in [4.78, 5) is 7.46. The highest BCUT2D eigenvalue weighted by molar-refractivity contribution is 7.00. The summed E-state index contributed by atoms with van der Waals surface area (Å²) in [5, 5.41) is 2.13. The molecule has 2 aliphatic heterocycles. The lowest BCUT2D eigenvalue weighted by molar-refractivity contribution is 0.591. The average Bonchev–Trinajstić information content (AvgIpc) is 4.03. The van der Waals surface area contributed by atoms with Gasteiger partial charge in [0.1, 0.15) is 22.7 Å². The topological polar surface area (TPSA) is 36.0 Å². The molecule has 0 saturated heterocycles. The van der Waals surface area contributed by atoms with Crippen molar-refractivity contribution in [3.63, 3.8) is 0 Å². The Hall–Kier alpha value is -8.48. The van der Waals surface area contributed by atoms with Crippen molar-refractivity contribution in [3.8, 4) is 22.6 Å². The number of furan rings is 2. The number of rotatable bonds is 7. The van der Waals surface area contributed by atoms with Gasteiger partial charge in [-0.25, -0.2) is 0 Å². The van der Waals surface area contributed by atoms with Gasteiger partial charge in [-0.3, -0.25) is 0 Å². The molecule has 0 atom stereocenters. The van der Waals surface area contributed by atoms with Crippen LogP contribution < -0.4 is 31.1 Å².